The number of aliphatic hydroxyl groups is 3. The summed E-state index contributed by atoms with van der Waals surface area (Å²) in [4.78, 5) is 46.0. The van der Waals surface area contributed by atoms with Gasteiger partial charge in [0.25, 0.3) is 5.91 Å². The molecule has 0 unspecified atom stereocenters. The SMILES string of the molecule is C/C(=N/OCC(C)C)c1ccc(O)c2c1C[C@@H]1C[C@@H]3[C@@H](N(C)C)C(=O)C(C(N)=O)=C(O)[C@]3(O)C(=O)C1=C2O. The third-order valence-corrected chi connectivity index (χ3v) is 7.60. The number of fused-ring (bicyclic) bond motifs is 3. The van der Waals surface area contributed by atoms with Crippen molar-refractivity contribution >= 4 is 28.9 Å². The molecule has 0 heterocycles. The van der Waals surface area contributed by atoms with Crippen LogP contribution in [0.3, 0.4) is 0 Å². The highest BCUT2D eigenvalue weighted by molar-refractivity contribution is 6.24. The van der Waals surface area contributed by atoms with Gasteiger partial charge in [0, 0.05) is 17.1 Å². The number of nitrogens with two attached hydrogens (primary N) is 1. The summed E-state index contributed by atoms with van der Waals surface area (Å²) in [5, 5.41) is 48.7. The molecule has 0 spiro atoms. The lowest BCUT2D eigenvalue weighted by atomic mass is 9.57. The van der Waals surface area contributed by atoms with Crippen molar-refractivity contribution in [3.05, 3.63) is 45.7 Å². The Morgan fingerprint density at radius 3 is 2.47 bits per heavy atom. The molecule has 11 heteroatoms. The molecule has 11 nitrogen and oxygen atoms in total. The van der Waals surface area contributed by atoms with Gasteiger partial charge < -0.3 is 31.0 Å². The molecule has 3 aliphatic rings. The zero-order chi connectivity index (χ0) is 28.3. The van der Waals surface area contributed by atoms with E-state index < -0.39 is 58.0 Å². The van der Waals surface area contributed by atoms with Crippen LogP contribution in [0.1, 0.15) is 43.9 Å². The molecule has 1 aromatic carbocycles. The number of benzene rings is 1. The number of phenolic OH excluding ortho intramolecular Hbond substituents is 1. The van der Waals surface area contributed by atoms with Crippen molar-refractivity contribution in [2.45, 2.75) is 45.3 Å². The molecule has 0 bridgehead atoms. The van der Waals surface area contributed by atoms with E-state index in [0.29, 0.717) is 23.4 Å². The fraction of sp³-hybridized carbons (Fsp3) is 0.481. The van der Waals surface area contributed by atoms with Crippen LogP contribution in [0.15, 0.2) is 34.2 Å². The van der Waals surface area contributed by atoms with Gasteiger partial charge in [-0.25, -0.2) is 0 Å². The van der Waals surface area contributed by atoms with Crippen LogP contribution >= 0.6 is 0 Å². The van der Waals surface area contributed by atoms with E-state index in [9.17, 15) is 34.8 Å². The number of aromatic hydroxyl groups is 1. The van der Waals surface area contributed by atoms with E-state index in [4.69, 9.17) is 10.6 Å². The summed E-state index contributed by atoms with van der Waals surface area (Å²) < 4.78 is 0. The Labute approximate surface area is 219 Å². The molecular formula is C27H33N3O8. The van der Waals surface area contributed by atoms with Crippen molar-refractivity contribution in [3.8, 4) is 5.75 Å². The number of hydrogen-bond donors (Lipinski definition) is 5. The number of likely N-dealkylation sites (N-methyl/N-ethyl adjacent to an activating group) is 1. The summed E-state index contributed by atoms with van der Waals surface area (Å²) in [6, 6.07) is 1.87. The number of phenols is 1. The molecule has 4 atom stereocenters. The van der Waals surface area contributed by atoms with E-state index in [-0.39, 0.29) is 35.6 Å². The Hall–Kier alpha value is -3.70. The summed E-state index contributed by atoms with van der Waals surface area (Å²) in [7, 11) is 3.11. The summed E-state index contributed by atoms with van der Waals surface area (Å²) >= 11 is 0. The van der Waals surface area contributed by atoms with Crippen molar-refractivity contribution in [3.63, 3.8) is 0 Å². The van der Waals surface area contributed by atoms with Crippen molar-refractivity contribution in [2.75, 3.05) is 20.7 Å². The predicted octanol–water partition coefficient (Wildman–Crippen LogP) is 1.36. The third kappa shape index (κ3) is 3.97. The first-order valence-corrected chi connectivity index (χ1v) is 12.4. The van der Waals surface area contributed by atoms with Crippen LogP contribution in [0, 0.1) is 17.8 Å². The fourth-order valence-electron chi connectivity index (χ4n) is 5.92. The zero-order valence-electron chi connectivity index (χ0n) is 22.0. The molecule has 1 saturated carbocycles. The van der Waals surface area contributed by atoms with Gasteiger partial charge in [0.05, 0.1) is 17.3 Å². The molecule has 1 fully saturated rings. The standard InChI is InChI=1S/C27H33N3O8/c1-11(2)10-38-29-12(3)14-6-7-17(31)19-15(14)8-13-9-16-21(30(4)5)23(33)20(26(28)36)25(35)27(16,37)24(34)18(13)22(19)32/h6-7,11,13,16,21,31-32,35,37H,8-10H2,1-5H3,(H2,28,36)/b29-12-/t13-,16-,21-,27-/m1/s1. The smallest absolute Gasteiger partial charge is 0.255 e. The highest BCUT2D eigenvalue weighted by atomic mass is 16.6. The molecule has 38 heavy (non-hydrogen) atoms. The first-order chi connectivity index (χ1) is 17.7. The van der Waals surface area contributed by atoms with Gasteiger partial charge in [-0.05, 0) is 63.4 Å². The first-order valence-electron chi connectivity index (χ1n) is 12.4. The van der Waals surface area contributed by atoms with Crippen molar-refractivity contribution in [1.29, 1.82) is 0 Å². The molecule has 204 valence electrons. The van der Waals surface area contributed by atoms with Gasteiger partial charge in [0.2, 0.25) is 5.78 Å². The average Bonchev–Trinajstić information content (AvgIpc) is 2.80. The van der Waals surface area contributed by atoms with Crippen LogP contribution < -0.4 is 5.73 Å². The number of oxime groups is 1. The van der Waals surface area contributed by atoms with Gasteiger partial charge in [-0.1, -0.05) is 19.0 Å². The van der Waals surface area contributed by atoms with Crippen LogP contribution in [-0.4, -0.2) is 80.9 Å². The van der Waals surface area contributed by atoms with Crippen LogP contribution in [0.5, 0.6) is 5.75 Å². The van der Waals surface area contributed by atoms with Crippen LogP contribution in [-0.2, 0) is 25.6 Å². The summed E-state index contributed by atoms with van der Waals surface area (Å²) in [6.45, 7) is 6.09. The maximum Gasteiger partial charge on any atom is 0.255 e. The molecule has 4 rings (SSSR count). The number of hydrogen-bond acceptors (Lipinski definition) is 10. The van der Waals surface area contributed by atoms with Crippen molar-refractivity contribution in [1.82, 2.24) is 4.90 Å². The molecule has 0 radical (unpaired) electrons. The van der Waals surface area contributed by atoms with Gasteiger partial charge in [0.1, 0.15) is 29.4 Å². The number of amides is 1. The maximum absolute atomic E-state index is 13.9. The van der Waals surface area contributed by atoms with Gasteiger partial charge >= 0.3 is 0 Å². The molecular weight excluding hydrogens is 494 g/mol. The van der Waals surface area contributed by atoms with E-state index in [1.54, 1.807) is 27.1 Å². The number of ketones is 2. The Bertz CT molecular complexity index is 1330. The maximum atomic E-state index is 13.9. The quantitative estimate of drug-likeness (QED) is 0.207. The van der Waals surface area contributed by atoms with Gasteiger partial charge in [0.15, 0.2) is 11.4 Å². The Morgan fingerprint density at radius 2 is 1.89 bits per heavy atom. The van der Waals surface area contributed by atoms with E-state index in [1.165, 1.54) is 11.0 Å². The normalized spacial score (nSPS) is 27.5. The predicted molar refractivity (Wildman–Crippen MR) is 137 cm³/mol. The van der Waals surface area contributed by atoms with E-state index in [0.717, 1.165) is 0 Å². The largest absolute Gasteiger partial charge is 0.508 e. The molecule has 1 amide bonds. The average molecular weight is 528 g/mol. The number of aliphatic hydroxyl groups excluding tert-OH is 2. The lowest BCUT2D eigenvalue weighted by Crippen LogP contribution is -2.65. The van der Waals surface area contributed by atoms with Gasteiger partial charge in [-0.15, -0.1) is 0 Å². The second-order valence-electron chi connectivity index (χ2n) is 10.8. The minimum absolute atomic E-state index is 0.0113. The molecule has 0 aromatic heterocycles. The van der Waals surface area contributed by atoms with Crippen LogP contribution in [0.2, 0.25) is 0 Å². The molecule has 6 N–H and O–H groups in total. The van der Waals surface area contributed by atoms with Gasteiger partial charge in [-0.3, -0.25) is 19.3 Å². The summed E-state index contributed by atoms with van der Waals surface area (Å²) in [5.74, 6) is -6.60. The topological polar surface area (TPSA) is 183 Å². The van der Waals surface area contributed by atoms with Crippen molar-refractivity contribution < 1.29 is 39.6 Å². The monoisotopic (exact) mass is 527 g/mol. The van der Waals surface area contributed by atoms with Crippen LogP contribution in [0.25, 0.3) is 5.76 Å². The van der Waals surface area contributed by atoms with Gasteiger partial charge in [-0.2, -0.15) is 0 Å². The number of rotatable bonds is 6. The van der Waals surface area contributed by atoms with Crippen LogP contribution in [0.4, 0.5) is 0 Å². The first kappa shape index (κ1) is 27.3. The zero-order valence-corrected chi connectivity index (χ0v) is 22.0. The minimum Gasteiger partial charge on any atom is -0.508 e. The highest BCUT2D eigenvalue weighted by Gasteiger charge is 2.64. The fourth-order valence-corrected chi connectivity index (χ4v) is 5.92. The van der Waals surface area contributed by atoms with Crippen molar-refractivity contribution in [2.24, 2.45) is 28.6 Å². The Kier molecular flexibility index (Phi) is 6.87. The minimum atomic E-state index is -2.67. The van der Waals surface area contributed by atoms with E-state index in [1.807, 2.05) is 13.8 Å². The second kappa shape index (κ2) is 9.55. The number of carbonyl (C=O) groups excluding carboxylic acids is 3. The molecule has 1 aromatic rings. The third-order valence-electron chi connectivity index (χ3n) is 7.60. The second-order valence-corrected chi connectivity index (χ2v) is 10.8. The summed E-state index contributed by atoms with van der Waals surface area (Å²) in [6.07, 6.45) is 0.191. The number of nitrogens with zero attached hydrogens (tertiary/aromatic N) is 2. The van der Waals surface area contributed by atoms with E-state index >= 15 is 0 Å². The number of primary amides is 1. The lowest BCUT2D eigenvalue weighted by molar-refractivity contribution is -0.153. The summed E-state index contributed by atoms with van der Waals surface area (Å²) in [5.41, 5.74) is 3.28. The Morgan fingerprint density at radius 1 is 1.24 bits per heavy atom. The Balaban J connectivity index is 1.90. The molecule has 0 saturated heterocycles. The van der Waals surface area contributed by atoms with E-state index in [2.05, 4.69) is 5.16 Å². The molecule has 3 aliphatic carbocycles. The highest BCUT2D eigenvalue weighted by Crippen LogP contribution is 2.52. The lowest BCUT2D eigenvalue weighted by Gasteiger charge is -2.50. The molecule has 0 aliphatic heterocycles. The number of Topliss-reactive ketones (excluding diaryl/α,β-unsaturated/α-hetero) is 2. The number of carbonyl (C=O) groups is 3.